The third-order valence-corrected chi connectivity index (χ3v) is 2.56. The quantitative estimate of drug-likeness (QED) is 0.511. The fraction of sp³-hybridized carbons (Fsp3) is 0.800. The van der Waals surface area contributed by atoms with Gasteiger partial charge in [0.2, 0.25) is 0 Å². The molecule has 1 aliphatic rings. The van der Waals surface area contributed by atoms with Crippen LogP contribution in [0, 0.1) is 0 Å². The Morgan fingerprint density at radius 2 is 1.60 bits per heavy atom. The highest BCUT2D eigenvalue weighted by Crippen LogP contribution is 2.29. The summed E-state index contributed by atoms with van der Waals surface area (Å²) < 4.78 is 0. The van der Waals surface area contributed by atoms with Crippen molar-refractivity contribution in [1.29, 1.82) is 0 Å². The zero-order valence-electron chi connectivity index (χ0n) is 7.24. The van der Waals surface area contributed by atoms with Crippen molar-refractivity contribution in [2.45, 2.75) is 52.4 Å². The monoisotopic (exact) mass is 138 g/mol. The Hall–Kier alpha value is -0.260. The fourth-order valence-corrected chi connectivity index (χ4v) is 1.91. The van der Waals surface area contributed by atoms with Gasteiger partial charge in [0, 0.05) is 0 Å². The molecule has 0 heterocycles. The molecule has 0 heteroatoms. The van der Waals surface area contributed by atoms with Gasteiger partial charge in [-0.05, 0) is 38.5 Å². The lowest BCUT2D eigenvalue weighted by Crippen LogP contribution is -1.84. The van der Waals surface area contributed by atoms with Crippen LogP contribution in [-0.4, -0.2) is 0 Å². The Morgan fingerprint density at radius 1 is 1.10 bits per heavy atom. The minimum Gasteiger partial charge on any atom is -0.0716 e. The Labute approximate surface area is 64.3 Å². The molecule has 0 radical (unpaired) electrons. The van der Waals surface area contributed by atoms with Crippen LogP contribution >= 0.6 is 0 Å². The molecule has 0 N–H and O–H groups in total. The SMILES string of the molecule is CCC(CC)=C1CCCC1. The molecule has 0 saturated heterocycles. The van der Waals surface area contributed by atoms with Crippen molar-refractivity contribution < 1.29 is 0 Å². The molecule has 0 nitrogen and oxygen atoms in total. The third kappa shape index (κ3) is 1.62. The van der Waals surface area contributed by atoms with Gasteiger partial charge in [0.05, 0.1) is 0 Å². The second-order valence-electron chi connectivity index (χ2n) is 3.12. The van der Waals surface area contributed by atoms with Gasteiger partial charge in [-0.1, -0.05) is 25.0 Å². The van der Waals surface area contributed by atoms with Gasteiger partial charge < -0.3 is 0 Å². The summed E-state index contributed by atoms with van der Waals surface area (Å²) >= 11 is 0. The lowest BCUT2D eigenvalue weighted by atomic mass is 10.0. The van der Waals surface area contributed by atoms with E-state index in [-0.39, 0.29) is 0 Å². The molecule has 1 aliphatic carbocycles. The molecule has 1 fully saturated rings. The second kappa shape index (κ2) is 3.80. The van der Waals surface area contributed by atoms with E-state index in [0.717, 1.165) is 0 Å². The molecule has 0 unspecified atom stereocenters. The molecule has 0 spiro atoms. The summed E-state index contributed by atoms with van der Waals surface area (Å²) in [6, 6.07) is 0. The fourth-order valence-electron chi connectivity index (χ4n) is 1.91. The number of allylic oxidation sites excluding steroid dienone is 2. The minimum atomic E-state index is 1.28. The molecule has 1 rings (SSSR count). The molecular formula is C10H18. The molecule has 0 aromatic carbocycles. The first-order valence-electron chi connectivity index (χ1n) is 4.58. The van der Waals surface area contributed by atoms with Crippen LogP contribution in [0.2, 0.25) is 0 Å². The highest BCUT2D eigenvalue weighted by molar-refractivity contribution is 5.16. The van der Waals surface area contributed by atoms with Crippen LogP contribution in [0.15, 0.2) is 11.1 Å². The maximum atomic E-state index is 2.28. The zero-order chi connectivity index (χ0) is 7.40. The molecule has 0 aromatic rings. The van der Waals surface area contributed by atoms with Gasteiger partial charge in [0.15, 0.2) is 0 Å². The van der Waals surface area contributed by atoms with E-state index in [9.17, 15) is 0 Å². The van der Waals surface area contributed by atoms with E-state index in [4.69, 9.17) is 0 Å². The van der Waals surface area contributed by atoms with Crippen LogP contribution in [0.25, 0.3) is 0 Å². The molecule has 0 aliphatic heterocycles. The number of hydrogen-bond acceptors (Lipinski definition) is 0. The highest BCUT2D eigenvalue weighted by Gasteiger charge is 2.09. The summed E-state index contributed by atoms with van der Waals surface area (Å²) in [5, 5.41) is 0. The molecule has 58 valence electrons. The van der Waals surface area contributed by atoms with E-state index in [2.05, 4.69) is 13.8 Å². The minimum absolute atomic E-state index is 1.28. The van der Waals surface area contributed by atoms with Crippen LogP contribution in [0.3, 0.4) is 0 Å². The van der Waals surface area contributed by atoms with Gasteiger partial charge in [-0.3, -0.25) is 0 Å². The second-order valence-corrected chi connectivity index (χ2v) is 3.12. The predicted octanol–water partition coefficient (Wildman–Crippen LogP) is 3.68. The van der Waals surface area contributed by atoms with Crippen LogP contribution in [-0.2, 0) is 0 Å². The van der Waals surface area contributed by atoms with Crippen molar-refractivity contribution in [2.75, 3.05) is 0 Å². The van der Waals surface area contributed by atoms with E-state index in [0.29, 0.717) is 0 Å². The van der Waals surface area contributed by atoms with Crippen LogP contribution < -0.4 is 0 Å². The summed E-state index contributed by atoms with van der Waals surface area (Å²) in [4.78, 5) is 0. The first kappa shape index (κ1) is 7.84. The lowest BCUT2D eigenvalue weighted by Gasteiger charge is -2.04. The topological polar surface area (TPSA) is 0 Å². The highest BCUT2D eigenvalue weighted by atomic mass is 14.2. The van der Waals surface area contributed by atoms with Crippen molar-refractivity contribution >= 4 is 0 Å². The molecule has 0 atom stereocenters. The van der Waals surface area contributed by atoms with E-state index >= 15 is 0 Å². The smallest absolute Gasteiger partial charge is 0.0318 e. The predicted molar refractivity (Wildman–Crippen MR) is 46.1 cm³/mol. The van der Waals surface area contributed by atoms with Crippen molar-refractivity contribution in [3.05, 3.63) is 11.1 Å². The first-order valence-corrected chi connectivity index (χ1v) is 4.58. The van der Waals surface area contributed by atoms with Crippen LogP contribution in [0.1, 0.15) is 52.4 Å². The van der Waals surface area contributed by atoms with Crippen molar-refractivity contribution in [3.8, 4) is 0 Å². The molecule has 1 saturated carbocycles. The van der Waals surface area contributed by atoms with E-state index in [1.54, 1.807) is 11.1 Å². The van der Waals surface area contributed by atoms with Crippen molar-refractivity contribution in [1.82, 2.24) is 0 Å². The zero-order valence-corrected chi connectivity index (χ0v) is 7.24. The van der Waals surface area contributed by atoms with Gasteiger partial charge in [0.25, 0.3) is 0 Å². The van der Waals surface area contributed by atoms with E-state index < -0.39 is 0 Å². The van der Waals surface area contributed by atoms with E-state index in [1.807, 2.05) is 0 Å². The summed E-state index contributed by atoms with van der Waals surface area (Å²) in [7, 11) is 0. The molecule has 10 heavy (non-hydrogen) atoms. The maximum absolute atomic E-state index is 2.28. The lowest BCUT2D eigenvalue weighted by molar-refractivity contribution is 0.886. The Kier molecular flexibility index (Phi) is 2.98. The summed E-state index contributed by atoms with van der Waals surface area (Å²) in [5.74, 6) is 0. The molecule has 0 aromatic heterocycles. The maximum Gasteiger partial charge on any atom is -0.0318 e. The van der Waals surface area contributed by atoms with Gasteiger partial charge in [-0.15, -0.1) is 0 Å². The van der Waals surface area contributed by atoms with Crippen LogP contribution in [0.4, 0.5) is 0 Å². The van der Waals surface area contributed by atoms with Gasteiger partial charge in [-0.2, -0.15) is 0 Å². The Bertz CT molecular complexity index is 117. The third-order valence-electron chi connectivity index (χ3n) is 2.56. The van der Waals surface area contributed by atoms with Gasteiger partial charge in [-0.25, -0.2) is 0 Å². The summed E-state index contributed by atoms with van der Waals surface area (Å²) in [6.45, 7) is 4.56. The number of rotatable bonds is 2. The largest absolute Gasteiger partial charge is 0.0716 e. The van der Waals surface area contributed by atoms with Gasteiger partial charge in [0.1, 0.15) is 0 Å². The Balaban J connectivity index is 2.59. The summed E-state index contributed by atoms with van der Waals surface area (Å²) in [6.07, 6.45) is 8.25. The average molecular weight is 138 g/mol. The molecular weight excluding hydrogens is 120 g/mol. The van der Waals surface area contributed by atoms with Crippen LogP contribution in [0.5, 0.6) is 0 Å². The van der Waals surface area contributed by atoms with Gasteiger partial charge >= 0.3 is 0 Å². The van der Waals surface area contributed by atoms with E-state index in [1.165, 1.54) is 38.5 Å². The first-order chi connectivity index (χ1) is 4.88. The van der Waals surface area contributed by atoms with Crippen molar-refractivity contribution in [2.24, 2.45) is 0 Å². The van der Waals surface area contributed by atoms with Crippen molar-refractivity contribution in [3.63, 3.8) is 0 Å². The summed E-state index contributed by atoms with van der Waals surface area (Å²) in [5.41, 5.74) is 3.52. The Morgan fingerprint density at radius 3 is 2.00 bits per heavy atom. The number of hydrogen-bond donors (Lipinski definition) is 0. The normalized spacial score (nSPS) is 18.0. The average Bonchev–Trinajstić information content (AvgIpc) is 2.43. The molecule has 0 bridgehead atoms. The molecule has 0 amide bonds. The standard InChI is InChI=1S/C10H18/c1-3-9(4-2)10-7-5-6-8-10/h3-8H2,1-2H3.